The maximum absolute atomic E-state index is 11.6. The Morgan fingerprint density at radius 3 is 1.67 bits per heavy atom. The van der Waals surface area contributed by atoms with E-state index in [4.69, 9.17) is 4.74 Å². The summed E-state index contributed by atoms with van der Waals surface area (Å²) in [6, 6.07) is 0. The molecule has 1 aliphatic heterocycles. The molecule has 0 amide bonds. The maximum atomic E-state index is 11.6. The first-order chi connectivity index (χ1) is 20.8. The molecule has 0 saturated heterocycles. The van der Waals surface area contributed by atoms with E-state index in [1.807, 2.05) is 6.92 Å². The van der Waals surface area contributed by atoms with Crippen molar-refractivity contribution in [3.63, 3.8) is 0 Å². The lowest BCUT2D eigenvalue weighted by Crippen LogP contribution is -2.25. The predicted molar refractivity (Wildman–Crippen MR) is 178 cm³/mol. The molecule has 0 aromatic rings. The Labute approximate surface area is 264 Å². The number of rotatable bonds is 30. The quantitative estimate of drug-likeness (QED) is 0.0369. The molecule has 1 heterocycles. The van der Waals surface area contributed by atoms with E-state index in [0.717, 1.165) is 64.2 Å². The summed E-state index contributed by atoms with van der Waals surface area (Å²) >= 11 is 0. The molecule has 252 valence electrons. The van der Waals surface area contributed by atoms with Crippen LogP contribution in [0, 0.1) is 0 Å². The van der Waals surface area contributed by atoms with Gasteiger partial charge in [-0.2, -0.15) is 0 Å². The van der Waals surface area contributed by atoms with E-state index in [-0.39, 0.29) is 18.2 Å². The summed E-state index contributed by atoms with van der Waals surface area (Å²) in [6.45, 7) is 4.08. The predicted octanol–water partition coefficient (Wildman–Crippen LogP) is 8.63. The number of allylic oxidation sites excluding steroid dienone is 2. The van der Waals surface area contributed by atoms with Crippen LogP contribution in [0.1, 0.15) is 174 Å². The van der Waals surface area contributed by atoms with Crippen LogP contribution in [0.5, 0.6) is 0 Å². The average molecular weight is 609 g/mol. The second-order valence-corrected chi connectivity index (χ2v) is 13.1. The molecule has 1 rings (SSSR count). The highest BCUT2D eigenvalue weighted by atomic mass is 16.5. The Morgan fingerprint density at radius 1 is 0.628 bits per heavy atom. The van der Waals surface area contributed by atoms with Crippen molar-refractivity contribution in [3.05, 3.63) is 23.8 Å². The lowest BCUT2D eigenvalue weighted by molar-refractivity contribution is -0.139. The zero-order chi connectivity index (χ0) is 31.5. The molecule has 0 saturated carbocycles. The van der Waals surface area contributed by atoms with Crippen LogP contribution in [0.25, 0.3) is 0 Å². The monoisotopic (exact) mass is 609 g/mol. The minimum Gasteiger partial charge on any atom is -0.455 e. The van der Waals surface area contributed by atoms with Crippen molar-refractivity contribution in [3.8, 4) is 0 Å². The number of cyclic esters (lactones) is 1. The smallest absolute Gasteiger partial charge is 0.334 e. The highest BCUT2D eigenvalue weighted by molar-refractivity contribution is 5.90. The molecule has 0 fully saturated rings. The minimum absolute atomic E-state index is 0.192. The topological polar surface area (TPSA) is 107 Å². The third kappa shape index (κ3) is 22.9. The van der Waals surface area contributed by atoms with Gasteiger partial charge in [-0.05, 0) is 64.4 Å². The van der Waals surface area contributed by atoms with Gasteiger partial charge in [-0.25, -0.2) is 4.79 Å². The highest BCUT2D eigenvalue weighted by Crippen LogP contribution is 2.21. The summed E-state index contributed by atoms with van der Waals surface area (Å²) < 4.78 is 5.07. The molecule has 0 aliphatic carbocycles. The van der Waals surface area contributed by atoms with Crippen molar-refractivity contribution in [1.82, 2.24) is 0 Å². The van der Waals surface area contributed by atoms with Crippen LogP contribution >= 0.6 is 0 Å². The van der Waals surface area contributed by atoms with Crippen LogP contribution in [0.3, 0.4) is 0 Å². The molecular formula is C37H68O6. The van der Waals surface area contributed by atoms with Gasteiger partial charge in [0.15, 0.2) is 0 Å². The summed E-state index contributed by atoms with van der Waals surface area (Å²) in [6.07, 6.45) is 30.0. The largest absolute Gasteiger partial charge is 0.455 e. The highest BCUT2D eigenvalue weighted by Gasteiger charge is 2.24. The first kappa shape index (κ1) is 39.8. The fraction of sp³-hybridized carbons (Fsp3) is 0.865. The van der Waals surface area contributed by atoms with E-state index in [2.05, 4.69) is 19.1 Å². The molecule has 4 N–H and O–H groups in total. The van der Waals surface area contributed by atoms with Crippen LogP contribution in [-0.4, -0.2) is 56.9 Å². The first-order valence-corrected chi connectivity index (χ1v) is 18.1. The van der Waals surface area contributed by atoms with Gasteiger partial charge in [-0.1, -0.05) is 122 Å². The van der Waals surface area contributed by atoms with E-state index in [1.54, 1.807) is 6.08 Å². The summed E-state index contributed by atoms with van der Waals surface area (Å²) in [7, 11) is 0. The number of hydrogen-bond donors (Lipinski definition) is 4. The number of esters is 1. The van der Waals surface area contributed by atoms with Gasteiger partial charge in [-0.3, -0.25) is 0 Å². The maximum Gasteiger partial charge on any atom is 0.334 e. The molecule has 0 aromatic heterocycles. The second kappa shape index (κ2) is 27.1. The fourth-order valence-corrected chi connectivity index (χ4v) is 5.95. The fourth-order valence-electron chi connectivity index (χ4n) is 5.95. The first-order valence-electron chi connectivity index (χ1n) is 18.1. The van der Waals surface area contributed by atoms with Gasteiger partial charge in [0.05, 0.1) is 24.4 Å². The van der Waals surface area contributed by atoms with Crippen molar-refractivity contribution < 1.29 is 30.0 Å². The Bertz CT molecular complexity index is 720. The van der Waals surface area contributed by atoms with Gasteiger partial charge in [0.1, 0.15) is 6.10 Å². The van der Waals surface area contributed by atoms with Gasteiger partial charge in [0.25, 0.3) is 0 Å². The van der Waals surface area contributed by atoms with Crippen molar-refractivity contribution in [2.75, 3.05) is 0 Å². The SMILES string of the molecule is CCCCCCCCCCCCCCCC(O)C(O)CCC=CCCCC(O)CCCCCC(O)CC1=CC(C)OC1=O. The van der Waals surface area contributed by atoms with Crippen molar-refractivity contribution in [1.29, 1.82) is 0 Å². The molecule has 0 spiro atoms. The van der Waals surface area contributed by atoms with Crippen LogP contribution in [-0.2, 0) is 9.53 Å². The molecule has 0 aromatic carbocycles. The number of carbonyl (C=O) groups is 1. The lowest BCUT2D eigenvalue weighted by atomic mass is 10.00. The molecule has 43 heavy (non-hydrogen) atoms. The Balaban J connectivity index is 1.89. The standard InChI is InChI=1S/C37H68O6/c1-3-4-5-6-7-8-9-10-11-12-13-16-22-27-35(40)36(41)28-23-17-14-15-19-24-33(38)25-20-18-21-26-34(39)30-32-29-31(2)43-37(32)42/h14,17,29,31,33-36,38-41H,3-13,15-16,18-28,30H2,1-2H3. The Morgan fingerprint density at radius 2 is 1.09 bits per heavy atom. The number of aliphatic hydroxyl groups is 4. The number of aliphatic hydroxyl groups excluding tert-OH is 4. The summed E-state index contributed by atoms with van der Waals surface area (Å²) in [5.41, 5.74) is 0.582. The Kier molecular flexibility index (Phi) is 25.1. The lowest BCUT2D eigenvalue weighted by Gasteiger charge is -2.17. The second-order valence-electron chi connectivity index (χ2n) is 13.1. The molecule has 0 bridgehead atoms. The van der Waals surface area contributed by atoms with Gasteiger partial charge < -0.3 is 25.2 Å². The summed E-state index contributed by atoms with van der Waals surface area (Å²) in [4.78, 5) is 11.6. The summed E-state index contributed by atoms with van der Waals surface area (Å²) in [5, 5.41) is 40.9. The van der Waals surface area contributed by atoms with Crippen molar-refractivity contribution in [2.24, 2.45) is 0 Å². The van der Waals surface area contributed by atoms with E-state index in [0.29, 0.717) is 31.3 Å². The third-order valence-electron chi connectivity index (χ3n) is 8.77. The van der Waals surface area contributed by atoms with Gasteiger partial charge in [0, 0.05) is 12.0 Å². The van der Waals surface area contributed by atoms with Crippen LogP contribution in [0.2, 0.25) is 0 Å². The third-order valence-corrected chi connectivity index (χ3v) is 8.77. The van der Waals surface area contributed by atoms with Gasteiger partial charge in [-0.15, -0.1) is 0 Å². The number of unbranched alkanes of at least 4 members (excludes halogenated alkanes) is 15. The molecule has 5 atom stereocenters. The number of carbonyl (C=O) groups excluding carboxylic acids is 1. The van der Waals surface area contributed by atoms with E-state index < -0.39 is 18.3 Å². The van der Waals surface area contributed by atoms with E-state index in [1.165, 1.54) is 70.6 Å². The number of hydrogen-bond acceptors (Lipinski definition) is 6. The zero-order valence-corrected chi connectivity index (χ0v) is 27.9. The summed E-state index contributed by atoms with van der Waals surface area (Å²) in [5.74, 6) is -0.309. The van der Waals surface area contributed by atoms with Gasteiger partial charge >= 0.3 is 5.97 Å². The van der Waals surface area contributed by atoms with Crippen LogP contribution in [0.4, 0.5) is 0 Å². The van der Waals surface area contributed by atoms with Crippen molar-refractivity contribution in [2.45, 2.75) is 205 Å². The Hall–Kier alpha value is -1.21. The van der Waals surface area contributed by atoms with Gasteiger partial charge in [0.2, 0.25) is 0 Å². The molecule has 6 heteroatoms. The van der Waals surface area contributed by atoms with Crippen LogP contribution < -0.4 is 0 Å². The molecular weight excluding hydrogens is 540 g/mol. The van der Waals surface area contributed by atoms with E-state index >= 15 is 0 Å². The molecule has 0 radical (unpaired) electrons. The normalized spacial score (nSPS) is 18.1. The van der Waals surface area contributed by atoms with Crippen LogP contribution in [0.15, 0.2) is 23.8 Å². The number of ether oxygens (including phenoxy) is 1. The van der Waals surface area contributed by atoms with E-state index in [9.17, 15) is 25.2 Å². The minimum atomic E-state index is -0.648. The molecule has 6 nitrogen and oxygen atoms in total. The zero-order valence-electron chi connectivity index (χ0n) is 27.9. The molecule has 5 unspecified atom stereocenters. The average Bonchev–Trinajstić information content (AvgIpc) is 3.29. The molecule has 1 aliphatic rings. The van der Waals surface area contributed by atoms with Crippen molar-refractivity contribution >= 4 is 5.97 Å².